The molecule has 0 aliphatic carbocycles. The molecule has 1 aliphatic heterocycles. The fourth-order valence-electron chi connectivity index (χ4n) is 2.18. The molecule has 0 aromatic heterocycles. The van der Waals surface area contributed by atoms with Crippen molar-refractivity contribution in [1.82, 2.24) is 0 Å². The Hall–Kier alpha value is -0.950. The maximum Gasteiger partial charge on any atom is 0.297 e. The summed E-state index contributed by atoms with van der Waals surface area (Å²) in [6.07, 6.45) is 1.97. The zero-order chi connectivity index (χ0) is 14.6. The SMILES string of the molecule is Cc1ccc(S(=O)(=O)OC[C@H]2CCC[C@H](CO)O2)cc1. The van der Waals surface area contributed by atoms with Gasteiger partial charge in [0.15, 0.2) is 0 Å². The minimum atomic E-state index is -3.74. The highest BCUT2D eigenvalue weighted by molar-refractivity contribution is 7.86. The molecule has 1 saturated heterocycles. The molecule has 2 rings (SSSR count). The molecule has 1 N–H and O–H groups in total. The van der Waals surface area contributed by atoms with E-state index in [0.717, 1.165) is 24.8 Å². The molecule has 1 heterocycles. The second-order valence-electron chi connectivity index (χ2n) is 5.05. The maximum atomic E-state index is 12.0. The molecule has 0 amide bonds. The molecule has 1 fully saturated rings. The fourth-order valence-corrected chi connectivity index (χ4v) is 3.11. The third-order valence-corrected chi connectivity index (χ3v) is 4.66. The lowest BCUT2D eigenvalue weighted by molar-refractivity contribution is -0.0853. The predicted octanol–water partition coefficient (Wildman–Crippen LogP) is 1.63. The van der Waals surface area contributed by atoms with Gasteiger partial charge in [-0.05, 0) is 38.3 Å². The molecule has 112 valence electrons. The Labute approximate surface area is 119 Å². The van der Waals surface area contributed by atoms with Gasteiger partial charge in [-0.15, -0.1) is 0 Å². The van der Waals surface area contributed by atoms with Crippen molar-refractivity contribution in [2.45, 2.75) is 43.3 Å². The molecule has 2 atom stereocenters. The summed E-state index contributed by atoms with van der Waals surface area (Å²) < 4.78 is 34.6. The summed E-state index contributed by atoms with van der Waals surface area (Å²) in [7, 11) is -3.74. The van der Waals surface area contributed by atoms with Gasteiger partial charge in [-0.3, -0.25) is 4.18 Å². The van der Waals surface area contributed by atoms with Gasteiger partial charge in [0.2, 0.25) is 0 Å². The molecule has 1 aromatic rings. The number of hydrogen-bond acceptors (Lipinski definition) is 5. The Kier molecular flexibility index (Phi) is 5.15. The van der Waals surface area contributed by atoms with E-state index in [4.69, 9.17) is 14.0 Å². The van der Waals surface area contributed by atoms with Gasteiger partial charge in [-0.1, -0.05) is 17.7 Å². The molecule has 0 saturated carbocycles. The number of rotatable bonds is 5. The lowest BCUT2D eigenvalue weighted by atomic mass is 10.1. The van der Waals surface area contributed by atoms with E-state index < -0.39 is 10.1 Å². The molecular weight excluding hydrogens is 280 g/mol. The van der Waals surface area contributed by atoms with Crippen molar-refractivity contribution in [1.29, 1.82) is 0 Å². The summed E-state index contributed by atoms with van der Waals surface area (Å²) in [6, 6.07) is 6.52. The van der Waals surface area contributed by atoms with E-state index in [0.29, 0.717) is 0 Å². The normalized spacial score (nSPS) is 23.7. The third-order valence-electron chi connectivity index (χ3n) is 3.36. The fraction of sp³-hybridized carbons (Fsp3) is 0.571. The van der Waals surface area contributed by atoms with Crippen molar-refractivity contribution in [3.63, 3.8) is 0 Å². The average molecular weight is 300 g/mol. The summed E-state index contributed by atoms with van der Waals surface area (Å²) >= 11 is 0. The van der Waals surface area contributed by atoms with Crippen LogP contribution in [0.2, 0.25) is 0 Å². The van der Waals surface area contributed by atoms with Gasteiger partial charge in [0.05, 0.1) is 30.3 Å². The van der Waals surface area contributed by atoms with Crippen molar-refractivity contribution in [3.05, 3.63) is 29.8 Å². The first-order valence-corrected chi connectivity index (χ1v) is 8.14. The first-order valence-electron chi connectivity index (χ1n) is 6.73. The van der Waals surface area contributed by atoms with Gasteiger partial charge in [0.25, 0.3) is 10.1 Å². The van der Waals surface area contributed by atoms with Crippen LogP contribution in [0.1, 0.15) is 24.8 Å². The highest BCUT2D eigenvalue weighted by atomic mass is 32.2. The van der Waals surface area contributed by atoms with Gasteiger partial charge in [-0.2, -0.15) is 8.42 Å². The van der Waals surface area contributed by atoms with Crippen LogP contribution < -0.4 is 0 Å². The largest absolute Gasteiger partial charge is 0.394 e. The van der Waals surface area contributed by atoms with Crippen molar-refractivity contribution >= 4 is 10.1 Å². The van der Waals surface area contributed by atoms with Crippen LogP contribution in [0.4, 0.5) is 0 Å². The molecule has 20 heavy (non-hydrogen) atoms. The average Bonchev–Trinajstić information content (AvgIpc) is 2.46. The predicted molar refractivity (Wildman–Crippen MR) is 73.9 cm³/mol. The van der Waals surface area contributed by atoms with Crippen LogP contribution in [0.15, 0.2) is 29.2 Å². The van der Waals surface area contributed by atoms with Crippen molar-refractivity contribution in [2.75, 3.05) is 13.2 Å². The number of aryl methyl sites for hydroxylation is 1. The van der Waals surface area contributed by atoms with E-state index in [1.165, 1.54) is 12.1 Å². The minimum absolute atomic E-state index is 0.00723. The van der Waals surface area contributed by atoms with Gasteiger partial charge < -0.3 is 9.84 Å². The quantitative estimate of drug-likeness (QED) is 0.837. The van der Waals surface area contributed by atoms with E-state index >= 15 is 0 Å². The van der Waals surface area contributed by atoms with Gasteiger partial charge in [-0.25, -0.2) is 0 Å². The summed E-state index contributed by atoms with van der Waals surface area (Å²) in [6.45, 7) is 1.84. The molecule has 1 aromatic carbocycles. The number of hydrogen-bond donors (Lipinski definition) is 1. The molecular formula is C14H20O5S. The highest BCUT2D eigenvalue weighted by Gasteiger charge is 2.24. The number of ether oxygens (including phenoxy) is 1. The minimum Gasteiger partial charge on any atom is -0.394 e. The number of benzene rings is 1. The van der Waals surface area contributed by atoms with Crippen LogP contribution in [-0.4, -0.2) is 38.9 Å². The molecule has 0 unspecified atom stereocenters. The summed E-state index contributed by atoms with van der Waals surface area (Å²) in [4.78, 5) is 0.151. The van der Waals surface area contributed by atoms with Crippen LogP contribution in [0, 0.1) is 6.92 Å². The van der Waals surface area contributed by atoms with Crippen LogP contribution >= 0.6 is 0 Å². The third kappa shape index (κ3) is 4.02. The highest BCUT2D eigenvalue weighted by Crippen LogP contribution is 2.21. The Morgan fingerprint density at radius 1 is 1.25 bits per heavy atom. The maximum absolute atomic E-state index is 12.0. The monoisotopic (exact) mass is 300 g/mol. The summed E-state index contributed by atoms with van der Waals surface area (Å²) in [5, 5.41) is 9.06. The zero-order valence-corrected chi connectivity index (χ0v) is 12.3. The van der Waals surface area contributed by atoms with Gasteiger partial charge in [0, 0.05) is 0 Å². The lowest BCUT2D eigenvalue weighted by Gasteiger charge is -2.28. The molecule has 0 spiro atoms. The Morgan fingerprint density at radius 2 is 1.90 bits per heavy atom. The van der Waals surface area contributed by atoms with E-state index in [9.17, 15) is 8.42 Å². The van der Waals surface area contributed by atoms with E-state index in [1.54, 1.807) is 12.1 Å². The number of aliphatic hydroxyl groups excluding tert-OH is 1. The Morgan fingerprint density at radius 3 is 2.55 bits per heavy atom. The van der Waals surface area contributed by atoms with Crippen LogP contribution in [-0.2, 0) is 19.0 Å². The van der Waals surface area contributed by atoms with Gasteiger partial charge >= 0.3 is 0 Å². The Bertz CT molecular complexity index is 523. The van der Waals surface area contributed by atoms with Crippen molar-refractivity contribution in [3.8, 4) is 0 Å². The van der Waals surface area contributed by atoms with Crippen LogP contribution in [0.5, 0.6) is 0 Å². The van der Waals surface area contributed by atoms with Crippen molar-refractivity contribution in [2.24, 2.45) is 0 Å². The van der Waals surface area contributed by atoms with Crippen LogP contribution in [0.3, 0.4) is 0 Å². The van der Waals surface area contributed by atoms with E-state index in [-0.39, 0.29) is 30.3 Å². The molecule has 0 radical (unpaired) electrons. The standard InChI is InChI=1S/C14H20O5S/c1-11-5-7-14(8-6-11)20(16,17)18-10-13-4-2-3-12(9-15)19-13/h5-8,12-13,15H,2-4,9-10H2,1H3/t12-,13-/m1/s1. The second kappa shape index (κ2) is 6.67. The van der Waals surface area contributed by atoms with Crippen LogP contribution in [0.25, 0.3) is 0 Å². The molecule has 5 nitrogen and oxygen atoms in total. The lowest BCUT2D eigenvalue weighted by Crippen LogP contribution is -2.33. The second-order valence-corrected chi connectivity index (χ2v) is 6.66. The molecule has 6 heteroatoms. The van der Waals surface area contributed by atoms with E-state index in [1.807, 2.05) is 6.92 Å². The summed E-state index contributed by atoms with van der Waals surface area (Å²) in [5.74, 6) is 0. The smallest absolute Gasteiger partial charge is 0.297 e. The first-order chi connectivity index (χ1) is 9.51. The topological polar surface area (TPSA) is 72.8 Å². The van der Waals surface area contributed by atoms with E-state index in [2.05, 4.69) is 0 Å². The first kappa shape index (κ1) is 15.4. The van der Waals surface area contributed by atoms with Crippen molar-refractivity contribution < 1.29 is 22.4 Å². The number of aliphatic hydroxyl groups is 1. The zero-order valence-electron chi connectivity index (χ0n) is 11.5. The molecule has 0 bridgehead atoms. The van der Waals surface area contributed by atoms with Gasteiger partial charge in [0.1, 0.15) is 0 Å². The Balaban J connectivity index is 1.94. The molecule has 1 aliphatic rings. The summed E-state index contributed by atoms with van der Waals surface area (Å²) in [5.41, 5.74) is 0.991.